The summed E-state index contributed by atoms with van der Waals surface area (Å²) in [5.74, 6) is -0.561. The molecule has 3 atom stereocenters. The standard InChI is InChI=1S/C17H24ClFN2O2/c1-2-7-23-16-9-12(4-6-15(16)20)17(22)21-10-11-3-5-14(19)13(18)8-11/h3,5,8,12,15-16H,2,4,6-7,9-10,20H2,1H3,(H,21,22)/t12-,15+,16+/m0/s1. The van der Waals surface area contributed by atoms with Crippen molar-refractivity contribution in [1.82, 2.24) is 5.32 Å². The minimum Gasteiger partial charge on any atom is -0.377 e. The number of halogens is 2. The minimum atomic E-state index is -0.459. The van der Waals surface area contributed by atoms with E-state index < -0.39 is 5.82 Å². The number of nitrogens with one attached hydrogen (secondary N) is 1. The molecule has 3 N–H and O–H groups in total. The molecule has 0 unspecified atom stereocenters. The molecule has 2 rings (SSSR count). The van der Waals surface area contributed by atoms with Gasteiger partial charge >= 0.3 is 0 Å². The number of amides is 1. The molecule has 0 saturated heterocycles. The maximum atomic E-state index is 13.1. The maximum absolute atomic E-state index is 13.1. The van der Waals surface area contributed by atoms with Crippen LogP contribution in [0.4, 0.5) is 4.39 Å². The number of hydrogen-bond acceptors (Lipinski definition) is 3. The average molecular weight is 343 g/mol. The second-order valence-corrected chi connectivity index (χ2v) is 6.46. The molecule has 128 valence electrons. The summed E-state index contributed by atoms with van der Waals surface area (Å²) in [6.45, 7) is 3.05. The van der Waals surface area contributed by atoms with E-state index in [1.165, 1.54) is 12.1 Å². The molecule has 1 aromatic carbocycles. The molecule has 1 aliphatic carbocycles. The Labute approximate surface area is 141 Å². The van der Waals surface area contributed by atoms with Gasteiger partial charge in [-0.15, -0.1) is 0 Å². The number of carbonyl (C=O) groups excluding carboxylic acids is 1. The Hall–Kier alpha value is -1.17. The number of nitrogens with two attached hydrogens (primary N) is 1. The molecule has 1 fully saturated rings. The van der Waals surface area contributed by atoms with Crippen LogP contribution in [0.1, 0.15) is 38.2 Å². The van der Waals surface area contributed by atoms with Gasteiger partial charge in [0.05, 0.1) is 11.1 Å². The van der Waals surface area contributed by atoms with Crippen molar-refractivity contribution < 1.29 is 13.9 Å². The van der Waals surface area contributed by atoms with Crippen molar-refractivity contribution in [1.29, 1.82) is 0 Å². The summed E-state index contributed by atoms with van der Waals surface area (Å²) in [6, 6.07) is 4.45. The molecule has 1 aromatic rings. The molecule has 4 nitrogen and oxygen atoms in total. The molecular formula is C17H24ClFN2O2. The van der Waals surface area contributed by atoms with E-state index in [0.29, 0.717) is 19.6 Å². The van der Waals surface area contributed by atoms with E-state index in [1.807, 2.05) is 6.92 Å². The van der Waals surface area contributed by atoms with Crippen LogP contribution < -0.4 is 11.1 Å². The molecule has 0 heterocycles. The highest BCUT2D eigenvalue weighted by molar-refractivity contribution is 6.30. The van der Waals surface area contributed by atoms with Gasteiger partial charge in [-0.05, 0) is 43.4 Å². The van der Waals surface area contributed by atoms with Crippen LogP contribution in [0.2, 0.25) is 5.02 Å². The predicted molar refractivity (Wildman–Crippen MR) is 88.6 cm³/mol. The molecule has 6 heteroatoms. The molecule has 1 aliphatic rings. The Balaban J connectivity index is 1.86. The summed E-state index contributed by atoms with van der Waals surface area (Å²) in [5.41, 5.74) is 6.85. The summed E-state index contributed by atoms with van der Waals surface area (Å²) in [4.78, 5) is 12.3. The van der Waals surface area contributed by atoms with Crippen molar-refractivity contribution in [3.8, 4) is 0 Å². The summed E-state index contributed by atoms with van der Waals surface area (Å²) in [6.07, 6.45) is 3.08. The maximum Gasteiger partial charge on any atom is 0.223 e. The topological polar surface area (TPSA) is 64.3 Å². The molecule has 0 radical (unpaired) electrons. The quantitative estimate of drug-likeness (QED) is 0.835. The first kappa shape index (κ1) is 18.2. The third-order valence-electron chi connectivity index (χ3n) is 4.20. The van der Waals surface area contributed by atoms with Crippen molar-refractivity contribution >= 4 is 17.5 Å². The average Bonchev–Trinajstić information content (AvgIpc) is 2.55. The Kier molecular flexibility index (Phi) is 6.81. The first-order chi connectivity index (χ1) is 11.0. The van der Waals surface area contributed by atoms with E-state index in [1.54, 1.807) is 6.07 Å². The number of hydrogen-bond donors (Lipinski definition) is 2. The van der Waals surface area contributed by atoms with Gasteiger partial charge in [-0.25, -0.2) is 4.39 Å². The third-order valence-corrected chi connectivity index (χ3v) is 4.49. The molecule has 23 heavy (non-hydrogen) atoms. The zero-order valence-corrected chi connectivity index (χ0v) is 14.1. The van der Waals surface area contributed by atoms with Crippen LogP contribution in [0.5, 0.6) is 0 Å². The molecule has 1 saturated carbocycles. The van der Waals surface area contributed by atoms with Crippen LogP contribution in [0.25, 0.3) is 0 Å². The van der Waals surface area contributed by atoms with Gasteiger partial charge in [0, 0.05) is 25.1 Å². The Bertz CT molecular complexity index is 541. The van der Waals surface area contributed by atoms with E-state index in [9.17, 15) is 9.18 Å². The molecule has 1 amide bonds. The molecule has 0 aromatic heterocycles. The van der Waals surface area contributed by atoms with E-state index >= 15 is 0 Å². The monoisotopic (exact) mass is 342 g/mol. The summed E-state index contributed by atoms with van der Waals surface area (Å²) >= 11 is 5.74. The predicted octanol–water partition coefficient (Wildman–Crippen LogP) is 3.02. The highest BCUT2D eigenvalue weighted by atomic mass is 35.5. The van der Waals surface area contributed by atoms with Crippen LogP contribution in [-0.4, -0.2) is 24.7 Å². The van der Waals surface area contributed by atoms with Crippen LogP contribution in [0.15, 0.2) is 18.2 Å². The summed E-state index contributed by atoms with van der Waals surface area (Å²) in [7, 11) is 0. The lowest BCUT2D eigenvalue weighted by Crippen LogP contribution is -2.45. The Morgan fingerprint density at radius 1 is 1.48 bits per heavy atom. The number of ether oxygens (including phenoxy) is 1. The zero-order chi connectivity index (χ0) is 16.8. The smallest absolute Gasteiger partial charge is 0.223 e. The largest absolute Gasteiger partial charge is 0.377 e. The van der Waals surface area contributed by atoms with Gasteiger partial charge in [0.15, 0.2) is 0 Å². The van der Waals surface area contributed by atoms with E-state index in [-0.39, 0.29) is 29.0 Å². The lowest BCUT2D eigenvalue weighted by molar-refractivity contribution is -0.128. The van der Waals surface area contributed by atoms with Gasteiger partial charge in [-0.3, -0.25) is 4.79 Å². The normalized spacial score (nSPS) is 24.4. The highest BCUT2D eigenvalue weighted by Crippen LogP contribution is 2.26. The van der Waals surface area contributed by atoms with Gasteiger partial charge in [-0.2, -0.15) is 0 Å². The minimum absolute atomic E-state index is 0.00139. The lowest BCUT2D eigenvalue weighted by Gasteiger charge is -2.33. The Morgan fingerprint density at radius 3 is 2.96 bits per heavy atom. The van der Waals surface area contributed by atoms with Crippen LogP contribution in [0, 0.1) is 11.7 Å². The molecular weight excluding hydrogens is 319 g/mol. The highest BCUT2D eigenvalue weighted by Gasteiger charge is 2.32. The number of carbonyl (C=O) groups is 1. The summed E-state index contributed by atoms with van der Waals surface area (Å²) in [5, 5.41) is 2.95. The van der Waals surface area contributed by atoms with Crippen molar-refractivity contribution in [3.63, 3.8) is 0 Å². The third kappa shape index (κ3) is 5.16. The van der Waals surface area contributed by atoms with Crippen LogP contribution in [0.3, 0.4) is 0 Å². The lowest BCUT2D eigenvalue weighted by atomic mass is 9.83. The van der Waals surface area contributed by atoms with Crippen molar-refractivity contribution in [2.45, 2.75) is 51.3 Å². The van der Waals surface area contributed by atoms with Gasteiger partial charge in [0.2, 0.25) is 5.91 Å². The number of benzene rings is 1. The molecule has 0 spiro atoms. The van der Waals surface area contributed by atoms with Gasteiger partial charge in [0.1, 0.15) is 5.82 Å². The van der Waals surface area contributed by atoms with Crippen LogP contribution >= 0.6 is 11.6 Å². The van der Waals surface area contributed by atoms with Crippen LogP contribution in [-0.2, 0) is 16.1 Å². The fraction of sp³-hybridized carbons (Fsp3) is 0.588. The first-order valence-corrected chi connectivity index (χ1v) is 8.48. The zero-order valence-electron chi connectivity index (χ0n) is 13.4. The second-order valence-electron chi connectivity index (χ2n) is 6.05. The molecule has 0 aliphatic heterocycles. The van der Waals surface area contributed by atoms with Gasteiger partial charge in [0.25, 0.3) is 0 Å². The van der Waals surface area contributed by atoms with Crippen molar-refractivity contribution in [2.24, 2.45) is 11.7 Å². The summed E-state index contributed by atoms with van der Waals surface area (Å²) < 4.78 is 18.9. The fourth-order valence-electron chi connectivity index (χ4n) is 2.83. The van der Waals surface area contributed by atoms with E-state index in [2.05, 4.69) is 5.32 Å². The van der Waals surface area contributed by atoms with E-state index in [4.69, 9.17) is 22.1 Å². The van der Waals surface area contributed by atoms with Gasteiger partial charge < -0.3 is 15.8 Å². The van der Waals surface area contributed by atoms with E-state index in [0.717, 1.165) is 24.8 Å². The molecule has 0 bridgehead atoms. The Morgan fingerprint density at radius 2 is 2.26 bits per heavy atom. The van der Waals surface area contributed by atoms with Crippen molar-refractivity contribution in [3.05, 3.63) is 34.6 Å². The second kappa shape index (κ2) is 8.62. The van der Waals surface area contributed by atoms with Crippen molar-refractivity contribution in [2.75, 3.05) is 6.61 Å². The fourth-order valence-corrected chi connectivity index (χ4v) is 3.04. The SMILES string of the molecule is CCCO[C@@H]1C[C@@H](C(=O)NCc2ccc(F)c(Cl)c2)CC[C@H]1N. The number of rotatable bonds is 6. The van der Waals surface area contributed by atoms with Gasteiger partial charge in [-0.1, -0.05) is 24.6 Å². The first-order valence-electron chi connectivity index (χ1n) is 8.10.